The van der Waals surface area contributed by atoms with E-state index < -0.39 is 0 Å². The summed E-state index contributed by atoms with van der Waals surface area (Å²) in [5.74, 6) is 0. The zero-order valence-corrected chi connectivity index (χ0v) is 13.4. The van der Waals surface area contributed by atoms with Crippen LogP contribution < -0.4 is 5.43 Å². The van der Waals surface area contributed by atoms with Crippen molar-refractivity contribution in [2.75, 3.05) is 26.7 Å². The van der Waals surface area contributed by atoms with E-state index in [4.69, 9.17) is 4.74 Å². The van der Waals surface area contributed by atoms with Gasteiger partial charge in [0.2, 0.25) is 0 Å². The van der Waals surface area contributed by atoms with E-state index in [1.165, 1.54) is 0 Å². The molecule has 1 N–H and O–H groups in total. The molecule has 2 fully saturated rings. The van der Waals surface area contributed by atoms with Gasteiger partial charge >= 0.3 is 6.09 Å². The fraction of sp³-hybridized carbons (Fsp3) is 0.625. The summed E-state index contributed by atoms with van der Waals surface area (Å²) in [5, 5.41) is 0. The number of rotatable bonds is 2. The number of piperidine rings is 1. The Bertz CT molecular complexity index is 655. The minimum absolute atomic E-state index is 0.104. The summed E-state index contributed by atoms with van der Waals surface area (Å²) in [6.45, 7) is 6.69. The number of hydrogen-bond acceptors (Lipinski definition) is 4. The van der Waals surface area contributed by atoms with Crippen LogP contribution in [0.3, 0.4) is 0 Å². The molecule has 2 aliphatic heterocycles. The Balaban J connectivity index is 1.75. The number of aromatic amines is 1. The smallest absolute Gasteiger partial charge is 0.410 e. The fourth-order valence-corrected chi connectivity index (χ4v) is 3.52. The Kier molecular flexibility index (Phi) is 3.72. The van der Waals surface area contributed by atoms with Gasteiger partial charge in [0.25, 0.3) is 0 Å². The molecule has 1 aromatic rings. The number of nitrogens with one attached hydrogen (secondary N) is 1. The minimum atomic E-state index is -0.386. The number of likely N-dealkylation sites (tertiary alicyclic amines) is 1. The van der Waals surface area contributed by atoms with E-state index in [9.17, 15) is 9.59 Å². The number of likely N-dealkylation sites (N-methyl/N-ethyl adjacent to an activating group) is 1. The second kappa shape index (κ2) is 5.43. The van der Waals surface area contributed by atoms with E-state index >= 15 is 0 Å². The van der Waals surface area contributed by atoms with E-state index in [2.05, 4.69) is 9.88 Å². The molecule has 1 atom stereocenters. The SMILES string of the molecule is Cc1c[nH]c(CN2CCC[C@@]3(C2)CN(C)C(=O)O3)c(C)c1=O. The van der Waals surface area contributed by atoms with Gasteiger partial charge < -0.3 is 14.6 Å². The molecule has 22 heavy (non-hydrogen) atoms. The molecular formula is C16H23N3O3. The Morgan fingerprint density at radius 2 is 2.09 bits per heavy atom. The molecular weight excluding hydrogens is 282 g/mol. The van der Waals surface area contributed by atoms with Crippen LogP contribution in [0, 0.1) is 13.8 Å². The van der Waals surface area contributed by atoms with E-state index in [0.717, 1.165) is 42.8 Å². The van der Waals surface area contributed by atoms with Crippen molar-refractivity contribution in [2.24, 2.45) is 0 Å². The van der Waals surface area contributed by atoms with Crippen molar-refractivity contribution in [1.82, 2.24) is 14.8 Å². The van der Waals surface area contributed by atoms with Gasteiger partial charge in [0.15, 0.2) is 5.43 Å². The lowest BCUT2D eigenvalue weighted by Crippen LogP contribution is -2.50. The second-order valence-electron chi connectivity index (χ2n) is 6.63. The van der Waals surface area contributed by atoms with Crippen molar-refractivity contribution in [3.8, 4) is 0 Å². The average Bonchev–Trinajstić information content (AvgIpc) is 2.74. The number of nitrogens with zero attached hydrogens (tertiary/aromatic N) is 2. The lowest BCUT2D eigenvalue weighted by Gasteiger charge is -2.38. The van der Waals surface area contributed by atoms with Gasteiger partial charge in [-0.3, -0.25) is 9.69 Å². The van der Waals surface area contributed by atoms with E-state index in [1.54, 1.807) is 18.1 Å². The summed E-state index contributed by atoms with van der Waals surface area (Å²) in [6, 6.07) is 0. The van der Waals surface area contributed by atoms with Gasteiger partial charge in [-0.15, -0.1) is 0 Å². The van der Waals surface area contributed by atoms with Crippen LogP contribution in [-0.4, -0.2) is 53.2 Å². The third-order valence-electron chi connectivity index (χ3n) is 4.76. The molecule has 2 aliphatic rings. The lowest BCUT2D eigenvalue weighted by molar-refractivity contribution is -0.0117. The van der Waals surface area contributed by atoms with E-state index in [0.29, 0.717) is 13.1 Å². The van der Waals surface area contributed by atoms with Crippen molar-refractivity contribution < 1.29 is 9.53 Å². The maximum Gasteiger partial charge on any atom is 0.410 e. The number of hydrogen-bond donors (Lipinski definition) is 1. The van der Waals surface area contributed by atoms with Crippen LogP contribution >= 0.6 is 0 Å². The molecule has 1 amide bonds. The van der Waals surface area contributed by atoms with Gasteiger partial charge in [0.1, 0.15) is 5.60 Å². The van der Waals surface area contributed by atoms with Crippen LogP contribution in [0.4, 0.5) is 4.79 Å². The van der Waals surface area contributed by atoms with Crippen LogP contribution in [0.2, 0.25) is 0 Å². The minimum Gasteiger partial charge on any atom is -0.440 e. The first-order valence-corrected chi connectivity index (χ1v) is 7.74. The monoisotopic (exact) mass is 305 g/mol. The van der Waals surface area contributed by atoms with Gasteiger partial charge in [-0.05, 0) is 33.2 Å². The van der Waals surface area contributed by atoms with Crippen LogP contribution in [-0.2, 0) is 11.3 Å². The first-order valence-electron chi connectivity index (χ1n) is 7.74. The van der Waals surface area contributed by atoms with Gasteiger partial charge in [-0.2, -0.15) is 0 Å². The third-order valence-corrected chi connectivity index (χ3v) is 4.76. The van der Waals surface area contributed by atoms with Gasteiger partial charge in [0, 0.05) is 43.2 Å². The molecule has 6 nitrogen and oxygen atoms in total. The highest BCUT2D eigenvalue weighted by Gasteiger charge is 2.46. The van der Waals surface area contributed by atoms with E-state index in [-0.39, 0.29) is 17.1 Å². The molecule has 3 heterocycles. The summed E-state index contributed by atoms with van der Waals surface area (Å²) in [4.78, 5) is 30.9. The summed E-state index contributed by atoms with van der Waals surface area (Å²) < 4.78 is 5.62. The van der Waals surface area contributed by atoms with Crippen molar-refractivity contribution >= 4 is 6.09 Å². The Morgan fingerprint density at radius 3 is 2.77 bits per heavy atom. The highest BCUT2D eigenvalue weighted by Crippen LogP contribution is 2.31. The quantitative estimate of drug-likeness (QED) is 0.897. The molecule has 120 valence electrons. The van der Waals surface area contributed by atoms with Crippen molar-refractivity contribution in [3.05, 3.63) is 33.2 Å². The van der Waals surface area contributed by atoms with Crippen molar-refractivity contribution in [1.29, 1.82) is 0 Å². The topological polar surface area (TPSA) is 65.6 Å². The van der Waals surface area contributed by atoms with Gasteiger partial charge in [0.05, 0.1) is 6.54 Å². The predicted octanol–water partition coefficient (Wildman–Crippen LogP) is 1.41. The first kappa shape index (κ1) is 15.1. The maximum atomic E-state index is 12.1. The van der Waals surface area contributed by atoms with Crippen molar-refractivity contribution in [3.63, 3.8) is 0 Å². The normalized spacial score (nSPS) is 25.8. The van der Waals surface area contributed by atoms with Gasteiger partial charge in [-0.25, -0.2) is 4.79 Å². The van der Waals surface area contributed by atoms with Crippen LogP contribution in [0.25, 0.3) is 0 Å². The maximum absolute atomic E-state index is 12.1. The average molecular weight is 305 g/mol. The molecule has 0 radical (unpaired) electrons. The predicted molar refractivity (Wildman–Crippen MR) is 82.9 cm³/mol. The van der Waals surface area contributed by atoms with Crippen LogP contribution in [0.1, 0.15) is 29.7 Å². The molecule has 0 aliphatic carbocycles. The summed E-state index contributed by atoms with van der Waals surface area (Å²) >= 11 is 0. The Hall–Kier alpha value is -1.82. The Labute approximate surface area is 130 Å². The van der Waals surface area contributed by atoms with Crippen LogP contribution in [0.5, 0.6) is 0 Å². The molecule has 0 saturated carbocycles. The molecule has 3 rings (SSSR count). The molecule has 0 aromatic carbocycles. The highest BCUT2D eigenvalue weighted by atomic mass is 16.6. The molecule has 0 unspecified atom stereocenters. The lowest BCUT2D eigenvalue weighted by atomic mass is 9.92. The van der Waals surface area contributed by atoms with Crippen LogP contribution in [0.15, 0.2) is 11.0 Å². The number of aryl methyl sites for hydroxylation is 1. The molecule has 1 aromatic heterocycles. The molecule has 2 saturated heterocycles. The number of H-pyrrole nitrogens is 1. The summed E-state index contributed by atoms with van der Waals surface area (Å²) in [5.41, 5.74) is 2.18. The number of amides is 1. The number of pyridine rings is 1. The standard InChI is InChI=1S/C16H23N3O3/c1-11-7-17-13(12(2)14(11)20)8-19-6-4-5-16(10-19)9-18(3)15(21)22-16/h7H,4-6,8-10H2,1-3H3,(H,17,20)/t16-/m0/s1. The Morgan fingerprint density at radius 1 is 1.32 bits per heavy atom. The number of ether oxygens (including phenoxy) is 1. The summed E-state index contributed by atoms with van der Waals surface area (Å²) in [6.07, 6.45) is 3.44. The number of carbonyl (C=O) groups is 1. The van der Waals surface area contributed by atoms with E-state index in [1.807, 2.05) is 13.8 Å². The molecule has 6 heteroatoms. The largest absolute Gasteiger partial charge is 0.440 e. The first-order chi connectivity index (χ1) is 10.4. The zero-order valence-electron chi connectivity index (χ0n) is 13.4. The number of aromatic nitrogens is 1. The molecule has 1 spiro atoms. The second-order valence-corrected chi connectivity index (χ2v) is 6.63. The zero-order chi connectivity index (χ0) is 15.9. The van der Waals surface area contributed by atoms with Crippen molar-refractivity contribution in [2.45, 2.75) is 38.8 Å². The highest BCUT2D eigenvalue weighted by molar-refractivity contribution is 5.70. The molecule has 0 bridgehead atoms. The summed E-state index contributed by atoms with van der Waals surface area (Å²) in [7, 11) is 1.78. The third kappa shape index (κ3) is 2.63. The van der Waals surface area contributed by atoms with Gasteiger partial charge in [-0.1, -0.05) is 0 Å². The fourth-order valence-electron chi connectivity index (χ4n) is 3.52. The number of carbonyl (C=O) groups excluding carboxylic acids is 1.